The highest BCUT2D eigenvalue weighted by Gasteiger charge is 2.23. The lowest BCUT2D eigenvalue weighted by Gasteiger charge is -2.22. The maximum Gasteiger partial charge on any atom is 0.231 e. The van der Waals surface area contributed by atoms with Crippen LogP contribution in [-0.4, -0.2) is 43.9 Å². The third kappa shape index (κ3) is 4.79. The summed E-state index contributed by atoms with van der Waals surface area (Å²) in [7, 11) is 1.66. The van der Waals surface area contributed by atoms with E-state index in [1.165, 1.54) is 0 Å². The summed E-state index contributed by atoms with van der Waals surface area (Å²) in [5.74, 6) is 3.21. The summed E-state index contributed by atoms with van der Waals surface area (Å²) >= 11 is 0. The lowest BCUT2D eigenvalue weighted by molar-refractivity contribution is -0.121. The van der Waals surface area contributed by atoms with Crippen LogP contribution in [0.5, 0.6) is 23.0 Å². The van der Waals surface area contributed by atoms with Crippen LogP contribution in [0, 0.1) is 0 Å². The van der Waals surface area contributed by atoms with Gasteiger partial charge in [-0.15, -0.1) is 0 Å². The molecule has 0 unspecified atom stereocenters. The number of carbonyl (C=O) groups is 1. The van der Waals surface area contributed by atoms with Crippen molar-refractivity contribution in [2.75, 3.05) is 27.0 Å². The standard InChI is InChI=1S/C23H28N2O5/c1-3-18-14-25(13-17-11-19(27-2)5-7-20(17)30-18)9-8-23(26)24-12-16-4-6-21-22(10-16)29-15-28-21/h4-7,10-11,18H,3,8-9,12-15H2,1-2H3,(H,24,26)/t18-/m0/s1. The van der Waals surface area contributed by atoms with Crippen molar-refractivity contribution < 1.29 is 23.7 Å². The molecule has 2 aromatic rings. The van der Waals surface area contributed by atoms with Gasteiger partial charge in [-0.1, -0.05) is 13.0 Å². The number of hydrogen-bond donors (Lipinski definition) is 1. The molecular weight excluding hydrogens is 384 g/mol. The Morgan fingerprint density at radius 1 is 1.17 bits per heavy atom. The summed E-state index contributed by atoms with van der Waals surface area (Å²) in [6.07, 6.45) is 1.45. The largest absolute Gasteiger partial charge is 0.497 e. The minimum absolute atomic E-state index is 0.0248. The van der Waals surface area contributed by atoms with Gasteiger partial charge < -0.3 is 24.3 Å². The van der Waals surface area contributed by atoms with Gasteiger partial charge in [0.1, 0.15) is 17.6 Å². The Labute approximate surface area is 176 Å². The molecule has 0 aromatic heterocycles. The molecular formula is C23H28N2O5. The van der Waals surface area contributed by atoms with E-state index in [1.54, 1.807) is 7.11 Å². The molecule has 0 aliphatic carbocycles. The zero-order valence-electron chi connectivity index (χ0n) is 17.5. The van der Waals surface area contributed by atoms with E-state index >= 15 is 0 Å². The highest BCUT2D eigenvalue weighted by molar-refractivity contribution is 5.76. The minimum atomic E-state index is 0.0248. The quantitative estimate of drug-likeness (QED) is 0.754. The predicted octanol–water partition coefficient (Wildman–Crippen LogP) is 3.10. The Balaban J connectivity index is 1.32. The Bertz CT molecular complexity index is 901. The lowest BCUT2D eigenvalue weighted by Crippen LogP contribution is -2.35. The average molecular weight is 412 g/mol. The second-order valence-electron chi connectivity index (χ2n) is 7.57. The first-order valence-electron chi connectivity index (χ1n) is 10.4. The molecule has 0 fully saturated rings. The molecule has 7 heteroatoms. The van der Waals surface area contributed by atoms with Crippen LogP contribution >= 0.6 is 0 Å². The van der Waals surface area contributed by atoms with E-state index in [0.29, 0.717) is 19.5 Å². The molecule has 30 heavy (non-hydrogen) atoms. The summed E-state index contributed by atoms with van der Waals surface area (Å²) in [6.45, 7) is 5.04. The van der Waals surface area contributed by atoms with Gasteiger partial charge in [0, 0.05) is 38.2 Å². The van der Waals surface area contributed by atoms with E-state index in [1.807, 2.05) is 36.4 Å². The summed E-state index contributed by atoms with van der Waals surface area (Å²) in [5.41, 5.74) is 2.08. The van der Waals surface area contributed by atoms with Crippen LogP contribution < -0.4 is 24.3 Å². The molecule has 160 valence electrons. The number of amides is 1. The van der Waals surface area contributed by atoms with Crippen molar-refractivity contribution >= 4 is 5.91 Å². The predicted molar refractivity (Wildman–Crippen MR) is 112 cm³/mol. The van der Waals surface area contributed by atoms with Crippen LogP contribution in [0.4, 0.5) is 0 Å². The Hall–Kier alpha value is -2.93. The van der Waals surface area contributed by atoms with Crippen molar-refractivity contribution in [1.29, 1.82) is 0 Å². The normalized spacial score (nSPS) is 17.6. The Kier molecular flexibility index (Phi) is 6.28. The number of rotatable bonds is 7. The first-order chi connectivity index (χ1) is 14.6. The second-order valence-corrected chi connectivity index (χ2v) is 7.57. The molecule has 1 amide bonds. The van der Waals surface area contributed by atoms with Gasteiger partial charge in [0.2, 0.25) is 12.7 Å². The van der Waals surface area contributed by atoms with E-state index in [-0.39, 0.29) is 18.8 Å². The molecule has 2 aliphatic rings. The summed E-state index contributed by atoms with van der Waals surface area (Å²) in [4.78, 5) is 14.7. The fourth-order valence-electron chi connectivity index (χ4n) is 3.71. The molecule has 0 bridgehead atoms. The fourth-order valence-corrected chi connectivity index (χ4v) is 3.71. The van der Waals surface area contributed by atoms with E-state index in [9.17, 15) is 4.79 Å². The number of hydrogen-bond acceptors (Lipinski definition) is 6. The smallest absolute Gasteiger partial charge is 0.231 e. The molecule has 1 atom stereocenters. The van der Waals surface area contributed by atoms with E-state index in [0.717, 1.165) is 53.6 Å². The van der Waals surface area contributed by atoms with E-state index in [4.69, 9.17) is 18.9 Å². The second kappa shape index (κ2) is 9.26. The fraction of sp³-hybridized carbons (Fsp3) is 0.435. The number of fused-ring (bicyclic) bond motifs is 2. The SMILES string of the molecule is CC[C@H]1CN(CCC(=O)NCc2ccc3c(c2)OCO3)Cc2cc(OC)ccc2O1. The van der Waals surface area contributed by atoms with Gasteiger partial charge >= 0.3 is 0 Å². The van der Waals surface area contributed by atoms with Gasteiger partial charge in [-0.25, -0.2) is 0 Å². The molecule has 7 nitrogen and oxygen atoms in total. The molecule has 1 N–H and O–H groups in total. The van der Waals surface area contributed by atoms with Crippen LogP contribution in [-0.2, 0) is 17.9 Å². The van der Waals surface area contributed by atoms with Crippen LogP contribution in [0.1, 0.15) is 30.9 Å². The zero-order chi connectivity index (χ0) is 20.9. The van der Waals surface area contributed by atoms with Gasteiger partial charge in [-0.3, -0.25) is 9.69 Å². The molecule has 0 saturated heterocycles. The van der Waals surface area contributed by atoms with Crippen molar-refractivity contribution in [1.82, 2.24) is 10.2 Å². The van der Waals surface area contributed by atoms with Crippen molar-refractivity contribution in [2.45, 2.75) is 39.0 Å². The first-order valence-corrected chi connectivity index (χ1v) is 10.4. The number of ether oxygens (including phenoxy) is 4. The van der Waals surface area contributed by atoms with Crippen LogP contribution in [0.2, 0.25) is 0 Å². The summed E-state index contributed by atoms with van der Waals surface area (Å²) < 4.78 is 22.2. The minimum Gasteiger partial charge on any atom is -0.497 e. The third-order valence-electron chi connectivity index (χ3n) is 5.45. The van der Waals surface area contributed by atoms with Crippen LogP contribution in [0.15, 0.2) is 36.4 Å². The maximum absolute atomic E-state index is 12.4. The Morgan fingerprint density at radius 3 is 2.83 bits per heavy atom. The third-order valence-corrected chi connectivity index (χ3v) is 5.45. The highest BCUT2D eigenvalue weighted by atomic mass is 16.7. The van der Waals surface area contributed by atoms with Crippen LogP contribution in [0.25, 0.3) is 0 Å². The first kappa shape index (κ1) is 20.3. The summed E-state index contributed by atoms with van der Waals surface area (Å²) in [5, 5.41) is 2.99. The number of nitrogens with one attached hydrogen (secondary N) is 1. The Morgan fingerprint density at radius 2 is 2.00 bits per heavy atom. The molecule has 2 aromatic carbocycles. The number of benzene rings is 2. The van der Waals surface area contributed by atoms with Gasteiger partial charge in [-0.2, -0.15) is 0 Å². The molecule has 0 radical (unpaired) electrons. The molecule has 2 aliphatic heterocycles. The molecule has 0 spiro atoms. The van der Waals surface area contributed by atoms with Crippen molar-refractivity contribution in [2.24, 2.45) is 0 Å². The van der Waals surface area contributed by atoms with Gasteiger partial charge in [0.15, 0.2) is 11.5 Å². The van der Waals surface area contributed by atoms with Gasteiger partial charge in [-0.05, 0) is 42.3 Å². The van der Waals surface area contributed by atoms with E-state index < -0.39 is 0 Å². The maximum atomic E-state index is 12.4. The van der Waals surface area contributed by atoms with Gasteiger partial charge in [0.25, 0.3) is 0 Å². The monoisotopic (exact) mass is 412 g/mol. The van der Waals surface area contributed by atoms with Crippen molar-refractivity contribution in [3.05, 3.63) is 47.5 Å². The number of methoxy groups -OCH3 is 1. The number of carbonyl (C=O) groups excluding carboxylic acids is 1. The average Bonchev–Trinajstić information content (AvgIpc) is 3.16. The topological polar surface area (TPSA) is 69.3 Å². The zero-order valence-corrected chi connectivity index (χ0v) is 17.5. The van der Waals surface area contributed by atoms with Crippen LogP contribution in [0.3, 0.4) is 0 Å². The lowest BCUT2D eigenvalue weighted by atomic mass is 10.1. The summed E-state index contributed by atoms with van der Waals surface area (Å²) in [6, 6.07) is 11.6. The molecule has 0 saturated carbocycles. The van der Waals surface area contributed by atoms with Gasteiger partial charge in [0.05, 0.1) is 7.11 Å². The molecule has 2 heterocycles. The highest BCUT2D eigenvalue weighted by Crippen LogP contribution is 2.32. The van der Waals surface area contributed by atoms with E-state index in [2.05, 4.69) is 17.1 Å². The molecule has 4 rings (SSSR count). The van der Waals surface area contributed by atoms with Crippen molar-refractivity contribution in [3.8, 4) is 23.0 Å². The number of nitrogens with zero attached hydrogens (tertiary/aromatic N) is 1. The van der Waals surface area contributed by atoms with Crippen molar-refractivity contribution in [3.63, 3.8) is 0 Å².